The zero-order valence-corrected chi connectivity index (χ0v) is 23.1. The molecule has 2 atom stereocenters. The lowest BCUT2D eigenvalue weighted by Crippen LogP contribution is -2.36. The van der Waals surface area contributed by atoms with Gasteiger partial charge in [0.2, 0.25) is 0 Å². The van der Waals surface area contributed by atoms with Gasteiger partial charge in [0.25, 0.3) is 0 Å². The molecule has 0 amide bonds. The van der Waals surface area contributed by atoms with E-state index in [1.807, 2.05) is 43.3 Å². The number of benzene rings is 2. The number of hydrogen-bond acceptors (Lipinski definition) is 7. The minimum absolute atomic E-state index is 0.0159. The Hall–Kier alpha value is -2.90. The highest BCUT2D eigenvalue weighted by Crippen LogP contribution is 2.47. The summed E-state index contributed by atoms with van der Waals surface area (Å²) in [4.78, 5) is 27.1. The van der Waals surface area contributed by atoms with Gasteiger partial charge in [-0.25, -0.2) is 4.79 Å². The monoisotopic (exact) mass is 541 g/mol. The van der Waals surface area contributed by atoms with Crippen molar-refractivity contribution in [3.8, 4) is 11.5 Å². The predicted molar refractivity (Wildman–Crippen MR) is 148 cm³/mol. The fourth-order valence-corrected chi connectivity index (χ4v) is 5.82. The van der Waals surface area contributed by atoms with E-state index >= 15 is 0 Å². The minimum atomic E-state index is -0.588. The fraction of sp³-hybridized carbons (Fsp3) is 0.379. The number of methoxy groups -OCH3 is 2. The first-order valence-electron chi connectivity index (χ1n) is 12.3. The number of ether oxygens (including phenoxy) is 3. The lowest BCUT2D eigenvalue weighted by molar-refractivity contribution is -0.138. The molecule has 1 heterocycles. The molecule has 0 unspecified atom stereocenters. The summed E-state index contributed by atoms with van der Waals surface area (Å²) in [6.07, 6.45) is 0.926. The minimum Gasteiger partial charge on any atom is -0.493 e. The van der Waals surface area contributed by atoms with Gasteiger partial charge in [-0.3, -0.25) is 4.79 Å². The van der Waals surface area contributed by atoms with Gasteiger partial charge in [0.15, 0.2) is 17.3 Å². The Morgan fingerprint density at radius 3 is 2.57 bits per heavy atom. The molecule has 196 valence electrons. The number of allylic oxidation sites excluding steroid dienone is 3. The Kier molecular flexibility index (Phi) is 8.87. The molecular weight excluding hydrogens is 510 g/mol. The molecule has 8 heteroatoms. The third-order valence-electron chi connectivity index (χ3n) is 6.81. The van der Waals surface area contributed by atoms with E-state index in [1.54, 1.807) is 32.0 Å². The second-order valence-corrected chi connectivity index (χ2v) is 10.8. The molecule has 2 aromatic rings. The maximum atomic E-state index is 13.8. The highest BCUT2D eigenvalue weighted by molar-refractivity contribution is 7.99. The molecule has 1 aliphatic heterocycles. The van der Waals surface area contributed by atoms with E-state index < -0.39 is 11.9 Å². The summed E-state index contributed by atoms with van der Waals surface area (Å²) in [7, 11) is 3.20. The van der Waals surface area contributed by atoms with Gasteiger partial charge in [-0.2, -0.15) is 11.8 Å². The van der Waals surface area contributed by atoms with Gasteiger partial charge < -0.3 is 19.5 Å². The van der Waals surface area contributed by atoms with Crippen molar-refractivity contribution in [1.82, 2.24) is 5.32 Å². The van der Waals surface area contributed by atoms with E-state index in [9.17, 15) is 9.59 Å². The first kappa shape index (κ1) is 27.1. The van der Waals surface area contributed by atoms with Gasteiger partial charge in [0.05, 0.1) is 19.8 Å². The average Bonchev–Trinajstić information content (AvgIpc) is 2.90. The molecule has 1 aliphatic carbocycles. The van der Waals surface area contributed by atoms with Crippen LogP contribution in [0.2, 0.25) is 5.02 Å². The van der Waals surface area contributed by atoms with Crippen LogP contribution >= 0.6 is 23.4 Å². The molecule has 4 rings (SSSR count). The fourth-order valence-electron chi connectivity index (χ4n) is 5.09. The van der Waals surface area contributed by atoms with Crippen LogP contribution in [0.1, 0.15) is 49.7 Å². The summed E-state index contributed by atoms with van der Waals surface area (Å²) in [5, 5.41) is 3.89. The predicted octanol–water partition coefficient (Wildman–Crippen LogP) is 6.02. The van der Waals surface area contributed by atoms with Crippen molar-refractivity contribution in [3.63, 3.8) is 0 Å². The molecule has 0 spiro atoms. The molecule has 1 N–H and O–H groups in total. The summed E-state index contributed by atoms with van der Waals surface area (Å²) in [6, 6.07) is 13.1. The van der Waals surface area contributed by atoms with Crippen molar-refractivity contribution < 1.29 is 23.8 Å². The number of esters is 1. The second kappa shape index (κ2) is 12.1. The molecule has 2 aliphatic rings. The highest BCUT2D eigenvalue weighted by Gasteiger charge is 2.42. The van der Waals surface area contributed by atoms with E-state index in [0.717, 1.165) is 28.3 Å². The quantitative estimate of drug-likeness (QED) is 0.307. The number of hydrogen-bond donors (Lipinski definition) is 1. The van der Waals surface area contributed by atoms with E-state index in [2.05, 4.69) is 12.2 Å². The zero-order chi connectivity index (χ0) is 26.5. The first-order chi connectivity index (χ1) is 17.9. The van der Waals surface area contributed by atoms with Gasteiger partial charge in [-0.05, 0) is 54.3 Å². The third-order valence-corrected chi connectivity index (χ3v) is 8.02. The number of carbonyl (C=O) groups is 2. The van der Waals surface area contributed by atoms with Gasteiger partial charge in [-0.1, -0.05) is 42.8 Å². The van der Waals surface area contributed by atoms with Crippen molar-refractivity contribution >= 4 is 35.1 Å². The number of dihydropyridines is 1. The standard InChI is InChI=1S/C29H32ClNO5S/c1-5-37-13-12-36-29(33)26-17(2)31-22-14-19(18-10-11-24(34-3)25(16-18)35-4)15-23(32)28(22)27(26)20-8-6-7-9-21(20)30/h6-11,16,19,27,31H,5,12-15H2,1-4H3/t19-,27-/m1/s1. The number of ketones is 1. The van der Waals surface area contributed by atoms with E-state index in [0.29, 0.717) is 52.8 Å². The smallest absolute Gasteiger partial charge is 0.336 e. The highest BCUT2D eigenvalue weighted by atomic mass is 35.5. The lowest BCUT2D eigenvalue weighted by Gasteiger charge is -2.37. The molecule has 0 radical (unpaired) electrons. The molecule has 0 fully saturated rings. The van der Waals surface area contributed by atoms with Crippen LogP contribution in [-0.4, -0.2) is 44.1 Å². The first-order valence-corrected chi connectivity index (χ1v) is 13.9. The largest absolute Gasteiger partial charge is 0.493 e. The Bertz CT molecular complexity index is 1250. The number of rotatable bonds is 9. The maximum Gasteiger partial charge on any atom is 0.336 e. The van der Waals surface area contributed by atoms with Crippen LogP contribution in [0.5, 0.6) is 11.5 Å². The summed E-state index contributed by atoms with van der Waals surface area (Å²) in [6.45, 7) is 4.23. The van der Waals surface area contributed by atoms with Crippen LogP contribution in [-0.2, 0) is 14.3 Å². The van der Waals surface area contributed by atoms with Crippen molar-refractivity contribution in [2.75, 3.05) is 32.3 Å². The second-order valence-electron chi connectivity index (χ2n) is 8.99. The van der Waals surface area contributed by atoms with Gasteiger partial charge >= 0.3 is 5.97 Å². The topological polar surface area (TPSA) is 73.9 Å². The van der Waals surface area contributed by atoms with Gasteiger partial charge in [-0.15, -0.1) is 0 Å². The van der Waals surface area contributed by atoms with Crippen LogP contribution in [0.25, 0.3) is 0 Å². The average molecular weight is 542 g/mol. The normalized spacial score (nSPS) is 19.3. The van der Waals surface area contributed by atoms with E-state index in [-0.39, 0.29) is 11.7 Å². The molecule has 2 aromatic carbocycles. The Balaban J connectivity index is 1.72. The summed E-state index contributed by atoms with van der Waals surface area (Å²) in [5.41, 5.74) is 4.24. The summed E-state index contributed by atoms with van der Waals surface area (Å²) >= 11 is 8.34. The number of Topliss-reactive ketones (excluding diaryl/α,β-unsaturated/α-hetero) is 1. The number of nitrogens with one attached hydrogen (secondary N) is 1. The Morgan fingerprint density at radius 1 is 1.11 bits per heavy atom. The van der Waals surface area contributed by atoms with Crippen molar-refractivity contribution in [1.29, 1.82) is 0 Å². The molecule has 6 nitrogen and oxygen atoms in total. The van der Waals surface area contributed by atoms with Crippen LogP contribution in [0.4, 0.5) is 0 Å². The molecular formula is C29H32ClNO5S. The van der Waals surface area contributed by atoms with Crippen molar-refractivity contribution in [2.24, 2.45) is 0 Å². The third kappa shape index (κ3) is 5.68. The maximum absolute atomic E-state index is 13.8. The zero-order valence-electron chi connectivity index (χ0n) is 21.6. The van der Waals surface area contributed by atoms with Crippen molar-refractivity contribution in [3.05, 3.63) is 81.2 Å². The Labute approximate surface area is 227 Å². The van der Waals surface area contributed by atoms with Gasteiger partial charge in [0.1, 0.15) is 6.61 Å². The van der Waals surface area contributed by atoms with Gasteiger partial charge in [0, 0.05) is 40.1 Å². The molecule has 0 saturated carbocycles. The SMILES string of the molecule is CCSCCOC(=O)C1=C(C)NC2=C(C(=O)C[C@H](c3ccc(OC)c(OC)c3)C2)[C@@H]1c1ccccc1Cl. The number of thioether (sulfide) groups is 1. The van der Waals surface area contributed by atoms with E-state index in [4.69, 9.17) is 25.8 Å². The Morgan fingerprint density at radius 2 is 1.86 bits per heavy atom. The summed E-state index contributed by atoms with van der Waals surface area (Å²) < 4.78 is 16.5. The summed E-state index contributed by atoms with van der Waals surface area (Å²) in [5.74, 6) is 1.87. The van der Waals surface area contributed by atoms with Crippen LogP contribution in [0, 0.1) is 0 Å². The lowest BCUT2D eigenvalue weighted by atomic mass is 9.71. The van der Waals surface area contributed by atoms with Crippen LogP contribution in [0.15, 0.2) is 65.0 Å². The van der Waals surface area contributed by atoms with Crippen molar-refractivity contribution in [2.45, 2.75) is 38.5 Å². The number of halogens is 1. The molecule has 37 heavy (non-hydrogen) atoms. The van der Waals surface area contributed by atoms with E-state index in [1.165, 1.54) is 0 Å². The number of carbonyl (C=O) groups excluding carboxylic acids is 2. The van der Waals surface area contributed by atoms with Crippen LogP contribution in [0.3, 0.4) is 0 Å². The molecule has 0 bridgehead atoms. The molecule has 0 aromatic heterocycles. The molecule has 0 saturated heterocycles. The van der Waals surface area contributed by atoms with Crippen LogP contribution < -0.4 is 14.8 Å².